The molecule has 1 aromatic heterocycles. The lowest BCUT2D eigenvalue weighted by molar-refractivity contribution is 0.413. The second-order valence-electron chi connectivity index (χ2n) is 5.25. The Kier molecular flexibility index (Phi) is 7.09. The summed E-state index contributed by atoms with van der Waals surface area (Å²) in [4.78, 5) is 4.64. The summed E-state index contributed by atoms with van der Waals surface area (Å²) < 4.78 is 5.18. The predicted octanol–water partition coefficient (Wildman–Crippen LogP) is 5.91. The first-order valence-corrected chi connectivity index (χ1v) is 9.48. The molecule has 0 saturated carbocycles. The van der Waals surface area contributed by atoms with Crippen molar-refractivity contribution in [3.05, 3.63) is 71.2 Å². The Morgan fingerprint density at radius 2 is 1.96 bits per heavy atom. The van der Waals surface area contributed by atoms with Crippen LogP contribution in [0.2, 0.25) is 5.02 Å². The Labute approximate surface area is 162 Å². The summed E-state index contributed by atoms with van der Waals surface area (Å²) in [6.07, 6.45) is 2.48. The van der Waals surface area contributed by atoms with Gasteiger partial charge in [-0.1, -0.05) is 78.3 Å². The fourth-order valence-corrected chi connectivity index (χ4v) is 3.23. The maximum absolute atomic E-state index is 6.42. The lowest BCUT2D eigenvalue weighted by atomic mass is 9.93. The highest BCUT2D eigenvalue weighted by atomic mass is 79.9. The molecule has 5 heteroatoms. The zero-order chi connectivity index (χ0) is 18.4. The molecule has 0 fully saturated rings. The Bertz CT molecular complexity index is 775. The van der Waals surface area contributed by atoms with Gasteiger partial charge in [0.1, 0.15) is 11.4 Å². The van der Waals surface area contributed by atoms with Crippen LogP contribution < -0.4 is 10.1 Å². The van der Waals surface area contributed by atoms with Crippen LogP contribution in [-0.2, 0) is 0 Å². The van der Waals surface area contributed by atoms with Crippen molar-refractivity contribution in [3.8, 4) is 5.75 Å². The van der Waals surface area contributed by atoms with Gasteiger partial charge in [0, 0.05) is 11.8 Å². The zero-order valence-corrected chi connectivity index (χ0v) is 17.0. The number of rotatable bonds is 3. The number of pyridine rings is 1. The summed E-state index contributed by atoms with van der Waals surface area (Å²) in [6, 6.07) is 12.0. The van der Waals surface area contributed by atoms with E-state index in [1.807, 2.05) is 32.0 Å². The van der Waals surface area contributed by atoms with Crippen LogP contribution in [0.3, 0.4) is 0 Å². The molecule has 1 N–H and O–H groups in total. The van der Waals surface area contributed by atoms with Crippen LogP contribution in [0.15, 0.2) is 54.9 Å². The molecular formula is C20H22BrClN2O. The van der Waals surface area contributed by atoms with Gasteiger partial charge in [-0.15, -0.1) is 0 Å². The second kappa shape index (κ2) is 9.07. The van der Waals surface area contributed by atoms with Gasteiger partial charge in [-0.05, 0) is 17.6 Å². The molecule has 0 bridgehead atoms. The topological polar surface area (TPSA) is 34.2 Å². The normalized spacial score (nSPS) is 16.7. The van der Waals surface area contributed by atoms with E-state index in [0.717, 1.165) is 29.0 Å². The molecule has 0 aliphatic carbocycles. The molecule has 0 saturated heterocycles. The molecule has 1 aliphatic heterocycles. The number of nitrogens with one attached hydrogen (secondary N) is 1. The summed E-state index contributed by atoms with van der Waals surface area (Å²) >= 11 is 10.1. The summed E-state index contributed by atoms with van der Waals surface area (Å²) in [5.41, 5.74) is 4.78. The number of nitrogens with zero attached hydrogens (tertiary/aromatic N) is 1. The Morgan fingerprint density at radius 3 is 2.56 bits per heavy atom. The Morgan fingerprint density at radius 1 is 1.28 bits per heavy atom. The number of methoxy groups -OCH3 is 1. The van der Waals surface area contributed by atoms with Gasteiger partial charge >= 0.3 is 0 Å². The largest absolute Gasteiger partial charge is 0.495 e. The van der Waals surface area contributed by atoms with Gasteiger partial charge < -0.3 is 10.1 Å². The molecule has 0 amide bonds. The second-order valence-corrected chi connectivity index (χ2v) is 6.76. The molecule has 3 rings (SSSR count). The van der Waals surface area contributed by atoms with Crippen LogP contribution in [-0.4, -0.2) is 16.9 Å². The van der Waals surface area contributed by atoms with Gasteiger partial charge in [-0.3, -0.25) is 0 Å². The van der Waals surface area contributed by atoms with E-state index in [1.54, 1.807) is 19.4 Å². The minimum atomic E-state index is 0.165. The van der Waals surface area contributed by atoms with Crippen molar-refractivity contribution in [2.45, 2.75) is 25.1 Å². The molecule has 2 heterocycles. The average Bonchev–Trinajstić information content (AvgIpc) is 2.66. The number of hydrogen-bond acceptors (Lipinski definition) is 3. The molecule has 2 aromatic rings. The SMILES string of the molecule is C=C1NC(c2ncc(OC)cc2Cl)=C(c2ccccc2)CC1Br.CC. The molecule has 25 heavy (non-hydrogen) atoms. The lowest BCUT2D eigenvalue weighted by Crippen LogP contribution is -2.26. The van der Waals surface area contributed by atoms with E-state index in [9.17, 15) is 0 Å². The molecule has 0 radical (unpaired) electrons. The molecule has 1 aliphatic rings. The van der Waals surface area contributed by atoms with Gasteiger partial charge in [0.2, 0.25) is 0 Å². The number of ether oxygens (including phenoxy) is 1. The van der Waals surface area contributed by atoms with Gasteiger partial charge in [0.05, 0.1) is 28.9 Å². The summed E-state index contributed by atoms with van der Waals surface area (Å²) in [6.45, 7) is 8.07. The highest BCUT2D eigenvalue weighted by Gasteiger charge is 2.25. The number of aromatic nitrogens is 1. The van der Waals surface area contributed by atoms with Crippen LogP contribution in [0.25, 0.3) is 11.3 Å². The van der Waals surface area contributed by atoms with E-state index < -0.39 is 0 Å². The molecule has 1 atom stereocenters. The fraction of sp³-hybridized carbons (Fsp3) is 0.250. The van der Waals surface area contributed by atoms with Crippen molar-refractivity contribution < 1.29 is 4.74 Å². The summed E-state index contributed by atoms with van der Waals surface area (Å²) in [7, 11) is 1.60. The molecule has 132 valence electrons. The number of allylic oxidation sites excluding steroid dienone is 2. The number of halogens is 2. The highest BCUT2D eigenvalue weighted by molar-refractivity contribution is 9.09. The van der Waals surface area contributed by atoms with Crippen molar-refractivity contribution in [3.63, 3.8) is 0 Å². The first-order valence-electron chi connectivity index (χ1n) is 8.18. The third kappa shape index (κ3) is 4.44. The molecule has 0 spiro atoms. The minimum Gasteiger partial charge on any atom is -0.495 e. The lowest BCUT2D eigenvalue weighted by Gasteiger charge is -2.28. The van der Waals surface area contributed by atoms with Gasteiger partial charge in [-0.2, -0.15) is 0 Å². The molecule has 1 aromatic carbocycles. The minimum absolute atomic E-state index is 0.165. The standard InChI is InChI=1S/C18H16BrClN2O.C2H6/c1-11-15(19)9-14(12-6-4-3-5-7-12)17(22-11)18-16(20)8-13(23-2)10-21-18;1-2/h3-8,10,15,22H,1,9H2,2H3;1-2H3. The highest BCUT2D eigenvalue weighted by Crippen LogP contribution is 2.38. The maximum atomic E-state index is 6.42. The van der Waals surface area contributed by atoms with E-state index in [1.165, 1.54) is 0 Å². The quantitative estimate of drug-likeness (QED) is 0.626. The van der Waals surface area contributed by atoms with E-state index >= 15 is 0 Å². The zero-order valence-electron chi connectivity index (χ0n) is 14.6. The van der Waals surface area contributed by atoms with Crippen molar-refractivity contribution in [2.75, 3.05) is 7.11 Å². The number of alkyl halides is 1. The smallest absolute Gasteiger partial charge is 0.138 e. The van der Waals surface area contributed by atoms with Crippen LogP contribution in [0.5, 0.6) is 5.75 Å². The fourth-order valence-electron chi connectivity index (χ4n) is 2.54. The van der Waals surface area contributed by atoms with Crippen LogP contribution >= 0.6 is 27.5 Å². The van der Waals surface area contributed by atoms with Crippen molar-refractivity contribution in [2.24, 2.45) is 0 Å². The third-order valence-electron chi connectivity index (χ3n) is 3.76. The summed E-state index contributed by atoms with van der Waals surface area (Å²) in [5.74, 6) is 0.633. The van der Waals surface area contributed by atoms with Gasteiger partial charge in [0.15, 0.2) is 0 Å². The van der Waals surface area contributed by atoms with E-state index in [0.29, 0.717) is 16.5 Å². The number of hydrogen-bond donors (Lipinski definition) is 1. The predicted molar refractivity (Wildman–Crippen MR) is 110 cm³/mol. The molecule has 1 unspecified atom stereocenters. The van der Waals surface area contributed by atoms with E-state index in [4.69, 9.17) is 16.3 Å². The average molecular weight is 422 g/mol. The van der Waals surface area contributed by atoms with Crippen LogP contribution in [0.1, 0.15) is 31.5 Å². The third-order valence-corrected chi connectivity index (χ3v) is 4.92. The van der Waals surface area contributed by atoms with Gasteiger partial charge in [0.25, 0.3) is 0 Å². The van der Waals surface area contributed by atoms with Crippen molar-refractivity contribution in [1.29, 1.82) is 0 Å². The first kappa shape index (κ1) is 19.5. The van der Waals surface area contributed by atoms with Crippen LogP contribution in [0, 0.1) is 0 Å². The monoisotopic (exact) mass is 420 g/mol. The van der Waals surface area contributed by atoms with E-state index in [-0.39, 0.29) is 4.83 Å². The summed E-state index contributed by atoms with van der Waals surface area (Å²) in [5, 5.41) is 3.90. The maximum Gasteiger partial charge on any atom is 0.138 e. The van der Waals surface area contributed by atoms with Crippen molar-refractivity contribution >= 4 is 38.8 Å². The van der Waals surface area contributed by atoms with E-state index in [2.05, 4.69) is 44.9 Å². The molecule has 3 nitrogen and oxygen atoms in total. The van der Waals surface area contributed by atoms with Crippen molar-refractivity contribution in [1.82, 2.24) is 10.3 Å². The Hall–Kier alpha value is -1.78. The Balaban J connectivity index is 0.00000109. The van der Waals surface area contributed by atoms with Gasteiger partial charge in [-0.25, -0.2) is 4.98 Å². The van der Waals surface area contributed by atoms with Crippen LogP contribution in [0.4, 0.5) is 0 Å². The first-order chi connectivity index (χ1) is 12.1. The molecular weight excluding hydrogens is 400 g/mol. The number of benzene rings is 1.